The van der Waals surface area contributed by atoms with E-state index in [2.05, 4.69) is 32.9 Å². The van der Waals surface area contributed by atoms with Crippen LogP contribution >= 0.6 is 0 Å². The van der Waals surface area contributed by atoms with E-state index in [9.17, 15) is 14.4 Å². The number of rotatable bonds is 72. The number of allylic oxidation sites excluding steroid dienone is 2. The molecule has 83 heavy (non-hydrogen) atoms. The van der Waals surface area contributed by atoms with E-state index in [4.69, 9.17) is 14.2 Å². The fourth-order valence-corrected chi connectivity index (χ4v) is 12.0. The van der Waals surface area contributed by atoms with Crippen LogP contribution in [0.25, 0.3) is 0 Å². The second-order valence-electron chi connectivity index (χ2n) is 26.3. The lowest BCUT2D eigenvalue weighted by Crippen LogP contribution is -2.30. The van der Waals surface area contributed by atoms with Gasteiger partial charge in [-0.15, -0.1) is 0 Å². The standard InChI is InChI=1S/C77H148O6/c1-4-7-10-13-16-19-22-24-26-28-30-32-33-34-35-36-37-38-39-40-41-42-43-45-46-48-50-52-55-58-61-64-67-70-76(79)82-73-74(72-81-75(78)69-66-63-60-57-54-21-18-15-12-9-6-3)83-77(80)71-68-65-62-59-56-53-51-49-47-44-31-29-27-25-23-20-17-14-11-8-5-2/h28,30,74H,4-27,29,31-73H2,1-3H3/b30-28-. The smallest absolute Gasteiger partial charge is 0.306 e. The molecule has 0 rings (SSSR count). The summed E-state index contributed by atoms with van der Waals surface area (Å²) in [6.07, 6.45) is 88.5. The minimum atomic E-state index is -0.764. The lowest BCUT2D eigenvalue weighted by atomic mass is 10.0. The van der Waals surface area contributed by atoms with Crippen LogP contribution < -0.4 is 0 Å². The van der Waals surface area contributed by atoms with Crippen molar-refractivity contribution < 1.29 is 28.6 Å². The highest BCUT2D eigenvalue weighted by molar-refractivity contribution is 5.71. The Balaban J connectivity index is 4.05. The lowest BCUT2D eigenvalue weighted by Gasteiger charge is -2.18. The number of carbonyl (C=O) groups is 3. The summed E-state index contributed by atoms with van der Waals surface area (Å²) in [6, 6.07) is 0. The number of esters is 3. The fourth-order valence-electron chi connectivity index (χ4n) is 12.0. The van der Waals surface area contributed by atoms with Crippen molar-refractivity contribution in [3.8, 4) is 0 Å². The van der Waals surface area contributed by atoms with Gasteiger partial charge in [0.2, 0.25) is 0 Å². The van der Waals surface area contributed by atoms with Gasteiger partial charge < -0.3 is 14.2 Å². The third-order valence-electron chi connectivity index (χ3n) is 17.8. The summed E-state index contributed by atoms with van der Waals surface area (Å²) in [7, 11) is 0. The molecule has 0 fully saturated rings. The summed E-state index contributed by atoms with van der Waals surface area (Å²) >= 11 is 0. The fraction of sp³-hybridized carbons (Fsp3) is 0.935. The second-order valence-corrected chi connectivity index (χ2v) is 26.3. The summed E-state index contributed by atoms with van der Waals surface area (Å²) in [4.78, 5) is 38.4. The molecular weight excluding hydrogens is 1020 g/mol. The van der Waals surface area contributed by atoms with E-state index in [1.54, 1.807) is 0 Å². The molecule has 0 aliphatic carbocycles. The van der Waals surface area contributed by atoms with E-state index in [1.807, 2.05) is 0 Å². The largest absolute Gasteiger partial charge is 0.462 e. The van der Waals surface area contributed by atoms with Crippen molar-refractivity contribution in [3.63, 3.8) is 0 Å². The van der Waals surface area contributed by atoms with E-state index in [-0.39, 0.29) is 31.1 Å². The maximum Gasteiger partial charge on any atom is 0.306 e. The molecule has 0 aromatic rings. The molecule has 0 aliphatic rings. The van der Waals surface area contributed by atoms with Crippen molar-refractivity contribution in [2.24, 2.45) is 0 Å². The molecular formula is C77H148O6. The average molecular weight is 1170 g/mol. The van der Waals surface area contributed by atoms with E-state index < -0.39 is 6.10 Å². The average Bonchev–Trinajstić information content (AvgIpc) is 3.48. The quantitative estimate of drug-likeness (QED) is 0.0261. The minimum Gasteiger partial charge on any atom is -0.462 e. The molecule has 6 heteroatoms. The van der Waals surface area contributed by atoms with Gasteiger partial charge >= 0.3 is 17.9 Å². The Bertz CT molecular complexity index is 1300. The van der Waals surface area contributed by atoms with Crippen LogP contribution in [-0.4, -0.2) is 37.2 Å². The predicted octanol–water partition coefficient (Wildman–Crippen LogP) is 26.3. The van der Waals surface area contributed by atoms with E-state index in [0.29, 0.717) is 19.3 Å². The van der Waals surface area contributed by atoms with Crippen molar-refractivity contribution in [2.75, 3.05) is 13.2 Å². The van der Waals surface area contributed by atoms with Crippen molar-refractivity contribution in [1.29, 1.82) is 0 Å². The van der Waals surface area contributed by atoms with Gasteiger partial charge in [-0.05, 0) is 44.9 Å². The number of hydrogen-bond acceptors (Lipinski definition) is 6. The Labute approximate surface area is 520 Å². The Morgan fingerprint density at radius 3 is 0.602 bits per heavy atom. The van der Waals surface area contributed by atoms with Crippen LogP contribution in [-0.2, 0) is 28.6 Å². The van der Waals surface area contributed by atoms with Crippen molar-refractivity contribution >= 4 is 17.9 Å². The van der Waals surface area contributed by atoms with Crippen molar-refractivity contribution in [1.82, 2.24) is 0 Å². The van der Waals surface area contributed by atoms with Gasteiger partial charge in [-0.2, -0.15) is 0 Å². The summed E-state index contributed by atoms with van der Waals surface area (Å²) in [5.41, 5.74) is 0. The summed E-state index contributed by atoms with van der Waals surface area (Å²) in [5.74, 6) is -0.824. The topological polar surface area (TPSA) is 78.9 Å². The molecule has 0 aromatic heterocycles. The molecule has 0 amide bonds. The molecule has 0 bridgehead atoms. The van der Waals surface area contributed by atoms with Crippen LogP contribution in [0.15, 0.2) is 12.2 Å². The molecule has 0 N–H and O–H groups in total. The van der Waals surface area contributed by atoms with Crippen LogP contribution in [0, 0.1) is 0 Å². The van der Waals surface area contributed by atoms with Crippen molar-refractivity contribution in [2.45, 2.75) is 451 Å². The summed E-state index contributed by atoms with van der Waals surface area (Å²) in [5, 5.41) is 0. The van der Waals surface area contributed by atoms with Crippen molar-refractivity contribution in [3.05, 3.63) is 12.2 Å². The Morgan fingerprint density at radius 2 is 0.398 bits per heavy atom. The molecule has 1 unspecified atom stereocenters. The third kappa shape index (κ3) is 70.8. The minimum absolute atomic E-state index is 0.0616. The van der Waals surface area contributed by atoms with Gasteiger partial charge in [0.25, 0.3) is 0 Å². The first kappa shape index (κ1) is 81.2. The predicted molar refractivity (Wildman–Crippen MR) is 363 cm³/mol. The highest BCUT2D eigenvalue weighted by Crippen LogP contribution is 2.20. The highest BCUT2D eigenvalue weighted by atomic mass is 16.6. The van der Waals surface area contributed by atoms with Gasteiger partial charge in [0.05, 0.1) is 0 Å². The van der Waals surface area contributed by atoms with E-state index >= 15 is 0 Å². The number of carbonyl (C=O) groups excluding carboxylic acids is 3. The van der Waals surface area contributed by atoms with E-state index in [0.717, 1.165) is 57.8 Å². The van der Waals surface area contributed by atoms with E-state index in [1.165, 1.54) is 347 Å². The van der Waals surface area contributed by atoms with Gasteiger partial charge in [-0.25, -0.2) is 0 Å². The first-order valence-electron chi connectivity index (χ1n) is 38.2. The van der Waals surface area contributed by atoms with Gasteiger partial charge in [-0.3, -0.25) is 14.4 Å². The molecule has 0 spiro atoms. The zero-order valence-electron chi connectivity index (χ0n) is 56.8. The Morgan fingerprint density at radius 1 is 0.229 bits per heavy atom. The maximum atomic E-state index is 12.9. The van der Waals surface area contributed by atoms with Crippen LogP contribution in [0.5, 0.6) is 0 Å². The monoisotopic (exact) mass is 1170 g/mol. The molecule has 492 valence electrons. The summed E-state index contributed by atoms with van der Waals surface area (Å²) < 4.78 is 17.0. The molecule has 0 saturated carbocycles. The highest BCUT2D eigenvalue weighted by Gasteiger charge is 2.20. The number of unbranched alkanes of at least 4 members (excludes halogenated alkanes) is 59. The van der Waals surface area contributed by atoms with Gasteiger partial charge in [0, 0.05) is 19.3 Å². The second kappa shape index (κ2) is 72.6. The maximum absolute atomic E-state index is 12.9. The van der Waals surface area contributed by atoms with Gasteiger partial charge in [0.1, 0.15) is 13.2 Å². The molecule has 0 aromatic carbocycles. The zero-order chi connectivity index (χ0) is 59.9. The molecule has 0 heterocycles. The normalized spacial score (nSPS) is 12.0. The molecule has 0 aliphatic heterocycles. The van der Waals surface area contributed by atoms with Crippen LogP contribution in [0.4, 0.5) is 0 Å². The number of hydrogen-bond donors (Lipinski definition) is 0. The first-order chi connectivity index (χ1) is 41.0. The van der Waals surface area contributed by atoms with Gasteiger partial charge in [-0.1, -0.05) is 392 Å². The SMILES string of the molecule is CCCCCCCCCC/C=C\CCCCCCCCCCCCCCCCCCCCCCCC(=O)OCC(COC(=O)CCCCCCCCCCCCC)OC(=O)CCCCCCCCCCCCCCCCCCCCCCC. The molecule has 6 nitrogen and oxygen atoms in total. The first-order valence-corrected chi connectivity index (χ1v) is 38.2. The van der Waals surface area contributed by atoms with Crippen LogP contribution in [0.2, 0.25) is 0 Å². The third-order valence-corrected chi connectivity index (χ3v) is 17.8. The van der Waals surface area contributed by atoms with Gasteiger partial charge in [0.15, 0.2) is 6.10 Å². The molecule has 0 radical (unpaired) electrons. The lowest BCUT2D eigenvalue weighted by molar-refractivity contribution is -0.167. The zero-order valence-corrected chi connectivity index (χ0v) is 56.8. The Hall–Kier alpha value is -1.85. The Kier molecular flexibility index (Phi) is 71.0. The summed E-state index contributed by atoms with van der Waals surface area (Å²) in [6.45, 7) is 6.73. The van der Waals surface area contributed by atoms with Crippen LogP contribution in [0.1, 0.15) is 445 Å². The molecule has 0 saturated heterocycles. The number of ether oxygens (including phenoxy) is 3. The molecule has 1 atom stereocenters. The van der Waals surface area contributed by atoms with Crippen LogP contribution in [0.3, 0.4) is 0 Å².